The van der Waals surface area contributed by atoms with E-state index in [9.17, 15) is 4.79 Å². The number of carbonyl (C=O) groups is 1. The topological polar surface area (TPSA) is 29.1 Å². The summed E-state index contributed by atoms with van der Waals surface area (Å²) in [4.78, 5) is 11.0. The molecule has 0 rings (SSSR count). The van der Waals surface area contributed by atoms with Crippen LogP contribution in [-0.4, -0.2) is 17.7 Å². The number of carbonyl (C=O) groups excluding carboxylic acids is 1. The number of Topliss-reactive ketones (excluding diaryl/α,β-unsaturated/α-hetero) is 1. The van der Waals surface area contributed by atoms with Gasteiger partial charge in [-0.05, 0) is 6.92 Å². The van der Waals surface area contributed by atoms with Crippen LogP contribution in [0.3, 0.4) is 0 Å². The first kappa shape index (κ1) is 9.98. The predicted octanol–water partition coefficient (Wildman–Crippen LogP) is 1.08. The van der Waals surface area contributed by atoms with Crippen molar-refractivity contribution in [2.45, 2.75) is 26.1 Å². The van der Waals surface area contributed by atoms with Crippen LogP contribution < -0.4 is 5.32 Å². The molecule has 0 aromatic rings. The molecule has 0 saturated heterocycles. The molecule has 1 atom stereocenters. The fourth-order valence-electron chi connectivity index (χ4n) is 0.452. The summed E-state index contributed by atoms with van der Waals surface area (Å²) in [6.45, 7) is 6.12. The minimum absolute atomic E-state index is 0.0997. The van der Waals surface area contributed by atoms with Crippen molar-refractivity contribution in [2.75, 3.05) is 6.54 Å². The third-order valence-corrected chi connectivity index (χ3v) is 1.40. The second kappa shape index (κ2) is 4.74. The zero-order chi connectivity index (χ0) is 8.15. The molecule has 0 aliphatic heterocycles. The van der Waals surface area contributed by atoms with E-state index >= 15 is 0 Å². The number of thiol groups is 1. The fourth-order valence-corrected chi connectivity index (χ4v) is 0.544. The quantitative estimate of drug-likeness (QED) is 0.477. The summed E-state index contributed by atoms with van der Waals surface area (Å²) >= 11 is 4.08. The number of nitrogens with one attached hydrogen (secondary N) is 1. The average molecular weight is 161 g/mol. The standard InChI is InChI=1S/C7H15NOS/c1-5(2)7(9)4-8-6(3)10/h5-6,8,10H,4H2,1-3H3. The molecule has 0 aromatic heterocycles. The molecule has 1 N–H and O–H groups in total. The summed E-state index contributed by atoms with van der Waals surface area (Å²) in [6.07, 6.45) is 0. The first-order chi connectivity index (χ1) is 4.54. The number of rotatable bonds is 4. The Morgan fingerprint density at radius 2 is 2.00 bits per heavy atom. The van der Waals surface area contributed by atoms with E-state index in [0.717, 1.165) is 0 Å². The Hall–Kier alpha value is -0.0200. The van der Waals surface area contributed by atoms with E-state index in [2.05, 4.69) is 17.9 Å². The lowest BCUT2D eigenvalue weighted by Gasteiger charge is -2.07. The smallest absolute Gasteiger partial charge is 0.149 e. The summed E-state index contributed by atoms with van der Waals surface area (Å²) < 4.78 is 0. The molecule has 0 fully saturated rings. The molecule has 10 heavy (non-hydrogen) atoms. The monoisotopic (exact) mass is 161 g/mol. The Morgan fingerprint density at radius 3 is 2.30 bits per heavy atom. The lowest BCUT2D eigenvalue weighted by Crippen LogP contribution is -2.29. The number of hydrogen-bond acceptors (Lipinski definition) is 3. The van der Waals surface area contributed by atoms with Crippen molar-refractivity contribution in [1.29, 1.82) is 0 Å². The third-order valence-electron chi connectivity index (χ3n) is 1.22. The van der Waals surface area contributed by atoms with Crippen LogP contribution in [0.2, 0.25) is 0 Å². The van der Waals surface area contributed by atoms with E-state index in [4.69, 9.17) is 0 Å². The highest BCUT2D eigenvalue weighted by molar-refractivity contribution is 7.80. The molecule has 1 unspecified atom stereocenters. The van der Waals surface area contributed by atoms with Gasteiger partial charge in [0.25, 0.3) is 0 Å². The molecule has 0 aromatic carbocycles. The molecule has 3 heteroatoms. The highest BCUT2D eigenvalue weighted by atomic mass is 32.1. The van der Waals surface area contributed by atoms with Crippen molar-refractivity contribution < 1.29 is 4.79 Å². The van der Waals surface area contributed by atoms with Crippen molar-refractivity contribution in [3.63, 3.8) is 0 Å². The van der Waals surface area contributed by atoms with Gasteiger partial charge in [-0.1, -0.05) is 13.8 Å². The van der Waals surface area contributed by atoms with E-state index < -0.39 is 0 Å². The van der Waals surface area contributed by atoms with Crippen LogP contribution in [0, 0.1) is 5.92 Å². The van der Waals surface area contributed by atoms with Crippen molar-refractivity contribution >= 4 is 18.4 Å². The molecule has 0 spiro atoms. The first-order valence-electron chi connectivity index (χ1n) is 3.48. The summed E-state index contributed by atoms with van der Waals surface area (Å²) in [5.74, 6) is 0.362. The normalized spacial score (nSPS) is 13.7. The van der Waals surface area contributed by atoms with Gasteiger partial charge in [0.2, 0.25) is 0 Å². The SMILES string of the molecule is CC(S)NCC(=O)C(C)C. The average Bonchev–Trinajstić information content (AvgIpc) is 1.82. The molecule has 0 aliphatic carbocycles. The molecular formula is C7H15NOS. The second-order valence-corrected chi connectivity index (χ2v) is 3.45. The van der Waals surface area contributed by atoms with E-state index in [1.54, 1.807) is 0 Å². The Morgan fingerprint density at radius 1 is 1.50 bits per heavy atom. The summed E-state index contributed by atoms with van der Waals surface area (Å²) in [5.41, 5.74) is 0. The van der Waals surface area contributed by atoms with Gasteiger partial charge < -0.3 is 0 Å². The minimum Gasteiger partial charge on any atom is -0.299 e. The van der Waals surface area contributed by atoms with Crippen LogP contribution in [0.4, 0.5) is 0 Å². The van der Waals surface area contributed by atoms with E-state index in [1.807, 2.05) is 20.8 Å². The highest BCUT2D eigenvalue weighted by Crippen LogP contribution is 1.93. The molecule has 0 radical (unpaired) electrons. The van der Waals surface area contributed by atoms with E-state index in [0.29, 0.717) is 6.54 Å². The molecular weight excluding hydrogens is 146 g/mol. The van der Waals surface area contributed by atoms with Gasteiger partial charge in [0.05, 0.1) is 6.54 Å². The Kier molecular flexibility index (Phi) is 4.73. The van der Waals surface area contributed by atoms with Gasteiger partial charge in [0.15, 0.2) is 0 Å². The lowest BCUT2D eigenvalue weighted by molar-refractivity contribution is -0.121. The van der Waals surface area contributed by atoms with Gasteiger partial charge in [0.1, 0.15) is 5.78 Å². The molecule has 2 nitrogen and oxygen atoms in total. The molecule has 0 amide bonds. The van der Waals surface area contributed by atoms with Gasteiger partial charge in [-0.15, -0.1) is 0 Å². The molecule has 60 valence electrons. The van der Waals surface area contributed by atoms with Crippen molar-refractivity contribution in [2.24, 2.45) is 5.92 Å². The van der Waals surface area contributed by atoms with Gasteiger partial charge in [-0.2, -0.15) is 12.6 Å². The maximum absolute atomic E-state index is 11.0. The van der Waals surface area contributed by atoms with Crippen LogP contribution in [0.1, 0.15) is 20.8 Å². The third kappa shape index (κ3) is 4.82. The van der Waals surface area contributed by atoms with Gasteiger partial charge >= 0.3 is 0 Å². The zero-order valence-corrected chi connectivity index (χ0v) is 7.61. The number of ketones is 1. The first-order valence-corrected chi connectivity index (χ1v) is 4.00. The van der Waals surface area contributed by atoms with Crippen LogP contribution in [0.25, 0.3) is 0 Å². The lowest BCUT2D eigenvalue weighted by atomic mass is 10.1. The van der Waals surface area contributed by atoms with Gasteiger partial charge in [-0.3, -0.25) is 10.1 Å². The van der Waals surface area contributed by atoms with Crippen molar-refractivity contribution in [3.05, 3.63) is 0 Å². The maximum Gasteiger partial charge on any atom is 0.149 e. The predicted molar refractivity (Wildman–Crippen MR) is 46.3 cm³/mol. The van der Waals surface area contributed by atoms with Crippen LogP contribution >= 0.6 is 12.6 Å². The Balaban J connectivity index is 3.40. The van der Waals surface area contributed by atoms with Crippen molar-refractivity contribution in [3.8, 4) is 0 Å². The van der Waals surface area contributed by atoms with Gasteiger partial charge in [0, 0.05) is 11.3 Å². The van der Waals surface area contributed by atoms with E-state index in [-0.39, 0.29) is 17.1 Å². The Bertz CT molecular complexity index is 112. The summed E-state index contributed by atoms with van der Waals surface area (Å²) in [5, 5.41) is 3.04. The number of hydrogen-bond donors (Lipinski definition) is 2. The van der Waals surface area contributed by atoms with Gasteiger partial charge in [-0.25, -0.2) is 0 Å². The maximum atomic E-state index is 11.0. The summed E-state index contributed by atoms with van der Waals surface area (Å²) in [6, 6.07) is 0. The molecule has 0 aliphatic rings. The second-order valence-electron chi connectivity index (χ2n) is 2.68. The fraction of sp³-hybridized carbons (Fsp3) is 0.857. The zero-order valence-electron chi connectivity index (χ0n) is 6.72. The molecule has 0 bridgehead atoms. The minimum atomic E-state index is 0.0997. The Labute approximate surface area is 67.8 Å². The van der Waals surface area contributed by atoms with E-state index in [1.165, 1.54) is 0 Å². The summed E-state index contributed by atoms with van der Waals surface area (Å²) in [7, 11) is 0. The van der Waals surface area contributed by atoms with Crippen molar-refractivity contribution in [1.82, 2.24) is 5.32 Å². The highest BCUT2D eigenvalue weighted by Gasteiger charge is 2.06. The largest absolute Gasteiger partial charge is 0.299 e. The van der Waals surface area contributed by atoms with Crippen LogP contribution in [0.15, 0.2) is 0 Å². The molecule has 0 heterocycles. The van der Waals surface area contributed by atoms with Crippen LogP contribution in [0.5, 0.6) is 0 Å². The van der Waals surface area contributed by atoms with Crippen LogP contribution in [-0.2, 0) is 4.79 Å². The molecule has 0 saturated carbocycles.